The number of aromatic amines is 1. The number of piperidine rings is 1. The van der Waals surface area contributed by atoms with Gasteiger partial charge in [0.2, 0.25) is 0 Å². The molecule has 7 aliphatic heterocycles. The van der Waals surface area contributed by atoms with Gasteiger partial charge in [0.15, 0.2) is 0 Å². The highest BCUT2D eigenvalue weighted by atomic mass is 16.5. The van der Waals surface area contributed by atoms with Crippen LogP contribution in [0.15, 0.2) is 89.2 Å². The Kier molecular flexibility index (Phi) is 4.51. The van der Waals surface area contributed by atoms with E-state index in [4.69, 9.17) is 4.74 Å². The van der Waals surface area contributed by atoms with Gasteiger partial charge in [-0.1, -0.05) is 55.0 Å². The fourth-order valence-corrected chi connectivity index (χ4v) is 11.3. The van der Waals surface area contributed by atoms with Crippen LogP contribution in [0.4, 0.5) is 5.69 Å². The topological polar surface area (TPSA) is 34.7 Å². The summed E-state index contributed by atoms with van der Waals surface area (Å²) in [5.41, 5.74) is 14.8. The van der Waals surface area contributed by atoms with Crippen molar-refractivity contribution in [3.05, 3.63) is 106 Å². The largest absolute Gasteiger partial charge is 0.369 e. The van der Waals surface area contributed by atoms with Crippen LogP contribution in [0.25, 0.3) is 16.6 Å². The maximum Gasteiger partial charge on any atom is 0.0903 e. The van der Waals surface area contributed by atoms with Gasteiger partial charge >= 0.3 is 0 Å². The van der Waals surface area contributed by atoms with Crippen LogP contribution >= 0.6 is 0 Å². The molecular formula is C38H38N4O. The highest BCUT2D eigenvalue weighted by Gasteiger charge is 2.69. The SMILES string of the molecule is CCC1=C(C2=CN3c4ccccc4[C@@]45CCN6CC7=CCO[C@@H]2[C@@H]([C@H]34)[C@H]7C[C@H]65)C=C2c3[nH]c4ccccc4c3CCN2C1. The predicted molar refractivity (Wildman–Crippen MR) is 171 cm³/mol. The Balaban J connectivity index is 1.13. The van der Waals surface area contributed by atoms with Crippen LogP contribution in [0.1, 0.15) is 43.0 Å². The van der Waals surface area contributed by atoms with Gasteiger partial charge < -0.3 is 19.5 Å². The van der Waals surface area contributed by atoms with E-state index in [1.54, 1.807) is 16.7 Å². The minimum Gasteiger partial charge on any atom is -0.369 e. The fourth-order valence-electron chi connectivity index (χ4n) is 11.3. The van der Waals surface area contributed by atoms with E-state index < -0.39 is 0 Å². The molecule has 1 saturated carbocycles. The van der Waals surface area contributed by atoms with Crippen LogP contribution in [0, 0.1) is 11.8 Å². The minimum atomic E-state index is 0.130. The number of rotatable bonds is 2. The summed E-state index contributed by atoms with van der Waals surface area (Å²) in [5.74, 6) is 1.09. The lowest BCUT2D eigenvalue weighted by Gasteiger charge is -2.59. The Labute approximate surface area is 253 Å². The summed E-state index contributed by atoms with van der Waals surface area (Å²) in [5, 5.41) is 1.38. The van der Waals surface area contributed by atoms with Crippen molar-refractivity contribution in [2.45, 2.75) is 56.2 Å². The lowest BCUT2D eigenvalue weighted by molar-refractivity contribution is -0.0267. The highest BCUT2D eigenvalue weighted by molar-refractivity contribution is 5.91. The third kappa shape index (κ3) is 2.79. The molecule has 3 fully saturated rings. The monoisotopic (exact) mass is 566 g/mol. The van der Waals surface area contributed by atoms with Crippen molar-refractivity contribution in [3.63, 3.8) is 0 Å². The number of nitrogens with one attached hydrogen (secondary N) is 1. The Morgan fingerprint density at radius 2 is 1.95 bits per heavy atom. The van der Waals surface area contributed by atoms with Gasteiger partial charge in [0.1, 0.15) is 0 Å². The number of fused-ring (bicyclic) bond motifs is 7. The summed E-state index contributed by atoms with van der Waals surface area (Å²) in [4.78, 5) is 12.1. The summed E-state index contributed by atoms with van der Waals surface area (Å²) in [6, 6.07) is 19.4. The molecule has 1 N–H and O–H groups in total. The first-order valence-corrected chi connectivity index (χ1v) is 16.7. The van der Waals surface area contributed by atoms with Gasteiger partial charge in [0, 0.05) is 65.4 Å². The van der Waals surface area contributed by atoms with E-state index in [2.05, 4.69) is 93.5 Å². The number of H-pyrrole nitrogens is 1. The molecule has 6 atom stereocenters. The molecule has 43 heavy (non-hydrogen) atoms. The third-order valence-corrected chi connectivity index (χ3v) is 12.9. The molecule has 2 bridgehead atoms. The Bertz CT molecular complexity index is 1870. The molecule has 0 unspecified atom stereocenters. The summed E-state index contributed by atoms with van der Waals surface area (Å²) in [6.45, 7) is 7.54. The normalized spacial score (nSPS) is 34.8. The molecule has 3 aromatic rings. The predicted octanol–water partition coefficient (Wildman–Crippen LogP) is 6.16. The van der Waals surface area contributed by atoms with Crippen molar-refractivity contribution in [2.24, 2.45) is 11.8 Å². The summed E-state index contributed by atoms with van der Waals surface area (Å²) >= 11 is 0. The zero-order valence-corrected chi connectivity index (χ0v) is 24.9. The van der Waals surface area contributed by atoms with Gasteiger partial charge in [0.25, 0.3) is 0 Å². The van der Waals surface area contributed by atoms with Gasteiger partial charge in [-0.3, -0.25) is 4.90 Å². The van der Waals surface area contributed by atoms with E-state index in [0.29, 0.717) is 23.9 Å². The number of anilines is 1. The molecule has 0 amide bonds. The quantitative estimate of drug-likeness (QED) is 0.377. The average Bonchev–Trinajstić information content (AvgIpc) is 3.67. The number of ether oxygens (including phenoxy) is 1. The van der Waals surface area contributed by atoms with Crippen molar-refractivity contribution < 1.29 is 4.74 Å². The van der Waals surface area contributed by atoms with Crippen LogP contribution in [0.3, 0.4) is 0 Å². The third-order valence-electron chi connectivity index (χ3n) is 12.9. The van der Waals surface area contributed by atoms with E-state index in [0.717, 1.165) is 39.1 Å². The zero-order valence-electron chi connectivity index (χ0n) is 24.9. The van der Waals surface area contributed by atoms with Crippen molar-refractivity contribution in [1.82, 2.24) is 14.8 Å². The standard InChI is InChI=1S/C38H38N4O/c1-2-22-19-40-14-11-25-24-7-3-5-9-30(24)39-35(25)32(40)17-26(22)28-21-42-31-10-6-4-8-29(31)38-13-15-41-20-23-12-16-43-36(28)34(37(38)42)27(23)18-33(38)41/h3-10,12,17,21,27,33-34,36-37,39H,2,11,13-16,18-20H2,1H3/t27-,33-,34-,36-,37-,38+/m0/s1. The molecule has 0 radical (unpaired) electrons. The van der Waals surface area contributed by atoms with E-state index in [1.165, 1.54) is 64.1 Å². The second kappa shape index (κ2) is 8.13. The Morgan fingerprint density at radius 1 is 1.05 bits per heavy atom. The van der Waals surface area contributed by atoms with Crippen LogP contribution in [0.2, 0.25) is 0 Å². The van der Waals surface area contributed by atoms with Crippen LogP contribution in [0.5, 0.6) is 0 Å². The second-order valence-electron chi connectivity index (χ2n) is 14.3. The Morgan fingerprint density at radius 3 is 2.91 bits per heavy atom. The number of allylic oxidation sites excluding steroid dienone is 1. The van der Waals surface area contributed by atoms with Gasteiger partial charge in [-0.05, 0) is 78.6 Å². The molecule has 1 aromatic heterocycles. The number of aromatic nitrogens is 1. The van der Waals surface area contributed by atoms with Crippen molar-refractivity contribution in [1.29, 1.82) is 0 Å². The van der Waals surface area contributed by atoms with Gasteiger partial charge in [-0.15, -0.1) is 0 Å². The van der Waals surface area contributed by atoms with Crippen LogP contribution in [-0.4, -0.2) is 65.8 Å². The van der Waals surface area contributed by atoms with E-state index in [9.17, 15) is 0 Å². The number of hydrogen-bond acceptors (Lipinski definition) is 4. The summed E-state index contributed by atoms with van der Waals surface area (Å²) in [7, 11) is 0. The molecule has 8 aliphatic rings. The van der Waals surface area contributed by atoms with Gasteiger partial charge in [-0.2, -0.15) is 0 Å². The summed E-state index contributed by atoms with van der Waals surface area (Å²) < 4.78 is 7.06. The van der Waals surface area contributed by atoms with Gasteiger partial charge in [0.05, 0.1) is 30.1 Å². The number of hydrogen-bond donors (Lipinski definition) is 1. The smallest absolute Gasteiger partial charge is 0.0903 e. The number of nitrogens with zero attached hydrogens (tertiary/aromatic N) is 3. The van der Waals surface area contributed by atoms with E-state index in [1.807, 2.05) is 0 Å². The minimum absolute atomic E-state index is 0.130. The van der Waals surface area contributed by atoms with E-state index >= 15 is 0 Å². The molecule has 1 aliphatic carbocycles. The Hall–Kier alpha value is -3.54. The van der Waals surface area contributed by atoms with Crippen LogP contribution in [-0.2, 0) is 16.6 Å². The summed E-state index contributed by atoms with van der Waals surface area (Å²) in [6.07, 6.45) is 12.4. The molecule has 2 aromatic carbocycles. The van der Waals surface area contributed by atoms with Crippen molar-refractivity contribution in [3.8, 4) is 0 Å². The van der Waals surface area contributed by atoms with Crippen molar-refractivity contribution >= 4 is 22.3 Å². The lowest BCUT2D eigenvalue weighted by Crippen LogP contribution is -2.67. The molecule has 5 nitrogen and oxygen atoms in total. The maximum atomic E-state index is 7.06. The average molecular weight is 567 g/mol. The second-order valence-corrected chi connectivity index (χ2v) is 14.3. The highest BCUT2D eigenvalue weighted by Crippen LogP contribution is 2.66. The molecule has 216 valence electrons. The molecule has 11 rings (SSSR count). The first-order valence-electron chi connectivity index (χ1n) is 16.7. The first-order chi connectivity index (χ1) is 21.2. The molecule has 2 saturated heterocycles. The van der Waals surface area contributed by atoms with Gasteiger partial charge in [-0.25, -0.2) is 0 Å². The zero-order chi connectivity index (χ0) is 28.0. The first kappa shape index (κ1) is 23.9. The molecule has 5 heteroatoms. The lowest BCUT2D eigenvalue weighted by atomic mass is 9.53. The number of para-hydroxylation sites is 2. The van der Waals surface area contributed by atoms with Crippen LogP contribution < -0.4 is 4.90 Å². The molecular weight excluding hydrogens is 528 g/mol. The fraction of sp³-hybridized carbons (Fsp3) is 0.421. The molecule has 8 heterocycles. The maximum absolute atomic E-state index is 7.06. The van der Waals surface area contributed by atoms with Crippen molar-refractivity contribution in [2.75, 3.05) is 37.7 Å². The van der Waals surface area contributed by atoms with E-state index in [-0.39, 0.29) is 11.5 Å². The molecule has 1 spiro atoms. The number of benzene rings is 2.